The van der Waals surface area contributed by atoms with Gasteiger partial charge in [-0.3, -0.25) is 0 Å². The van der Waals surface area contributed by atoms with Gasteiger partial charge in [-0.15, -0.1) is 0 Å². The molecule has 1 aromatic heterocycles. The zero-order chi connectivity index (χ0) is 13.1. The molecule has 6 heteroatoms. The molecule has 0 aliphatic heterocycles. The van der Waals surface area contributed by atoms with Crippen molar-refractivity contribution in [1.82, 2.24) is 9.97 Å². The molecular formula is C12H11BrFN3O. The average Bonchev–Trinajstić information content (AvgIpc) is 2.33. The molecule has 1 heterocycles. The van der Waals surface area contributed by atoms with E-state index in [0.29, 0.717) is 27.7 Å². The molecule has 0 bridgehead atoms. The van der Waals surface area contributed by atoms with Crippen molar-refractivity contribution in [3.8, 4) is 11.6 Å². The highest BCUT2D eigenvalue weighted by Crippen LogP contribution is 2.26. The highest BCUT2D eigenvalue weighted by Gasteiger charge is 2.05. The molecule has 18 heavy (non-hydrogen) atoms. The third kappa shape index (κ3) is 2.95. The molecule has 2 rings (SSSR count). The van der Waals surface area contributed by atoms with Crippen LogP contribution in [0.2, 0.25) is 0 Å². The SMILES string of the molecule is CNc1cc(Oc2ccc(F)c(Br)c2)nc(C)n1. The molecule has 0 radical (unpaired) electrons. The van der Waals surface area contributed by atoms with Crippen molar-refractivity contribution in [3.63, 3.8) is 0 Å². The van der Waals surface area contributed by atoms with Gasteiger partial charge in [0.1, 0.15) is 23.2 Å². The van der Waals surface area contributed by atoms with Crippen LogP contribution >= 0.6 is 15.9 Å². The summed E-state index contributed by atoms with van der Waals surface area (Å²) in [6, 6.07) is 6.08. The number of hydrogen-bond acceptors (Lipinski definition) is 4. The summed E-state index contributed by atoms with van der Waals surface area (Å²) in [7, 11) is 1.76. The molecule has 0 aliphatic carbocycles. The zero-order valence-corrected chi connectivity index (χ0v) is 11.5. The Labute approximate surface area is 112 Å². The molecule has 0 fully saturated rings. The number of nitrogens with one attached hydrogen (secondary N) is 1. The Kier molecular flexibility index (Phi) is 3.76. The highest BCUT2D eigenvalue weighted by atomic mass is 79.9. The van der Waals surface area contributed by atoms with E-state index in [1.165, 1.54) is 12.1 Å². The lowest BCUT2D eigenvalue weighted by Gasteiger charge is -2.08. The third-order valence-electron chi connectivity index (χ3n) is 2.18. The van der Waals surface area contributed by atoms with E-state index in [1.807, 2.05) is 0 Å². The summed E-state index contributed by atoms with van der Waals surface area (Å²) in [6.07, 6.45) is 0. The van der Waals surface area contributed by atoms with E-state index in [9.17, 15) is 4.39 Å². The van der Waals surface area contributed by atoms with Gasteiger partial charge >= 0.3 is 0 Å². The van der Waals surface area contributed by atoms with Crippen molar-refractivity contribution in [1.29, 1.82) is 0 Å². The van der Waals surface area contributed by atoms with Gasteiger partial charge in [0, 0.05) is 13.1 Å². The van der Waals surface area contributed by atoms with Crippen molar-refractivity contribution in [2.45, 2.75) is 6.92 Å². The van der Waals surface area contributed by atoms with Crippen molar-refractivity contribution < 1.29 is 9.13 Å². The fraction of sp³-hybridized carbons (Fsp3) is 0.167. The standard InChI is InChI=1S/C12H11BrFN3O/c1-7-16-11(15-2)6-12(17-7)18-8-3-4-10(14)9(13)5-8/h3-6H,1-2H3,(H,15,16,17). The fourth-order valence-corrected chi connectivity index (χ4v) is 1.74. The van der Waals surface area contributed by atoms with Gasteiger partial charge in [-0.2, -0.15) is 4.98 Å². The first-order chi connectivity index (χ1) is 8.58. The van der Waals surface area contributed by atoms with Crippen LogP contribution in [0.1, 0.15) is 5.82 Å². The monoisotopic (exact) mass is 311 g/mol. The summed E-state index contributed by atoms with van der Waals surface area (Å²) in [5.41, 5.74) is 0. The highest BCUT2D eigenvalue weighted by molar-refractivity contribution is 9.10. The summed E-state index contributed by atoms with van der Waals surface area (Å²) in [5, 5.41) is 2.91. The molecular weight excluding hydrogens is 301 g/mol. The van der Waals surface area contributed by atoms with Crippen LogP contribution in [0.25, 0.3) is 0 Å². The smallest absolute Gasteiger partial charge is 0.224 e. The minimum atomic E-state index is -0.336. The molecule has 0 atom stereocenters. The van der Waals surface area contributed by atoms with Gasteiger partial charge < -0.3 is 10.1 Å². The minimum absolute atomic E-state index is 0.336. The maximum absolute atomic E-state index is 13.1. The largest absolute Gasteiger partial charge is 0.439 e. The molecule has 0 unspecified atom stereocenters. The Balaban J connectivity index is 2.27. The number of halogens is 2. The number of nitrogens with zero attached hydrogens (tertiary/aromatic N) is 2. The van der Waals surface area contributed by atoms with E-state index in [0.717, 1.165) is 0 Å². The van der Waals surface area contributed by atoms with Crippen LogP contribution in [-0.4, -0.2) is 17.0 Å². The van der Waals surface area contributed by atoms with E-state index < -0.39 is 0 Å². The quantitative estimate of drug-likeness (QED) is 0.942. The molecule has 94 valence electrons. The molecule has 0 spiro atoms. The number of anilines is 1. The predicted octanol–water partition coefficient (Wildman–Crippen LogP) is 3.52. The van der Waals surface area contributed by atoms with E-state index in [1.54, 1.807) is 26.1 Å². The van der Waals surface area contributed by atoms with E-state index >= 15 is 0 Å². The van der Waals surface area contributed by atoms with Crippen LogP contribution in [0, 0.1) is 12.7 Å². The van der Waals surface area contributed by atoms with Gasteiger partial charge in [-0.25, -0.2) is 9.37 Å². The number of benzene rings is 1. The Morgan fingerprint density at radius 2 is 2.06 bits per heavy atom. The molecule has 2 aromatic rings. The number of rotatable bonds is 3. The normalized spacial score (nSPS) is 10.2. The van der Waals surface area contributed by atoms with Crippen molar-refractivity contribution in [2.24, 2.45) is 0 Å². The van der Waals surface area contributed by atoms with Crippen LogP contribution in [-0.2, 0) is 0 Å². The molecule has 0 aliphatic rings. The Morgan fingerprint density at radius 3 is 2.72 bits per heavy atom. The summed E-state index contributed by atoms with van der Waals surface area (Å²) in [6.45, 7) is 1.77. The van der Waals surface area contributed by atoms with Crippen LogP contribution in [0.15, 0.2) is 28.7 Å². The van der Waals surface area contributed by atoms with E-state index in [4.69, 9.17) is 4.74 Å². The molecule has 1 aromatic carbocycles. The number of hydrogen-bond donors (Lipinski definition) is 1. The first-order valence-electron chi connectivity index (χ1n) is 5.25. The Hall–Kier alpha value is -1.69. The fourth-order valence-electron chi connectivity index (χ4n) is 1.38. The van der Waals surface area contributed by atoms with Gasteiger partial charge in [-0.05, 0) is 41.1 Å². The van der Waals surface area contributed by atoms with E-state index in [2.05, 4.69) is 31.2 Å². The zero-order valence-electron chi connectivity index (χ0n) is 9.87. The summed E-state index contributed by atoms with van der Waals surface area (Å²) >= 11 is 3.10. The Bertz CT molecular complexity index is 577. The van der Waals surface area contributed by atoms with Gasteiger partial charge in [-0.1, -0.05) is 0 Å². The Morgan fingerprint density at radius 1 is 1.28 bits per heavy atom. The predicted molar refractivity (Wildman–Crippen MR) is 70.5 cm³/mol. The topological polar surface area (TPSA) is 47.0 Å². The van der Waals surface area contributed by atoms with E-state index in [-0.39, 0.29) is 5.82 Å². The maximum Gasteiger partial charge on any atom is 0.224 e. The molecule has 4 nitrogen and oxygen atoms in total. The second-order valence-corrected chi connectivity index (χ2v) is 4.42. The van der Waals surface area contributed by atoms with Crippen molar-refractivity contribution in [3.05, 3.63) is 40.4 Å². The molecule has 0 saturated heterocycles. The van der Waals surface area contributed by atoms with Gasteiger partial charge in [0.15, 0.2) is 0 Å². The summed E-state index contributed by atoms with van der Waals surface area (Å²) < 4.78 is 19.0. The summed E-state index contributed by atoms with van der Waals surface area (Å²) in [5.74, 6) is 1.84. The molecule has 1 N–H and O–H groups in total. The first kappa shape index (κ1) is 12.8. The van der Waals surface area contributed by atoms with Gasteiger partial charge in [0.2, 0.25) is 5.88 Å². The van der Waals surface area contributed by atoms with Crippen LogP contribution < -0.4 is 10.1 Å². The van der Waals surface area contributed by atoms with Gasteiger partial charge in [0.25, 0.3) is 0 Å². The van der Waals surface area contributed by atoms with Crippen molar-refractivity contribution >= 4 is 21.7 Å². The maximum atomic E-state index is 13.1. The van der Waals surface area contributed by atoms with Crippen LogP contribution in [0.3, 0.4) is 0 Å². The minimum Gasteiger partial charge on any atom is -0.439 e. The lowest BCUT2D eigenvalue weighted by atomic mass is 10.3. The average molecular weight is 312 g/mol. The summed E-state index contributed by atoms with van der Waals surface area (Å²) in [4.78, 5) is 8.30. The van der Waals surface area contributed by atoms with Crippen LogP contribution in [0.5, 0.6) is 11.6 Å². The first-order valence-corrected chi connectivity index (χ1v) is 6.04. The third-order valence-corrected chi connectivity index (χ3v) is 2.79. The number of aryl methyl sites for hydroxylation is 1. The number of aromatic nitrogens is 2. The van der Waals surface area contributed by atoms with Crippen molar-refractivity contribution in [2.75, 3.05) is 12.4 Å². The van der Waals surface area contributed by atoms with Gasteiger partial charge in [0.05, 0.1) is 4.47 Å². The second kappa shape index (κ2) is 5.30. The lowest BCUT2D eigenvalue weighted by molar-refractivity contribution is 0.458. The number of ether oxygens (including phenoxy) is 1. The second-order valence-electron chi connectivity index (χ2n) is 3.57. The van der Waals surface area contributed by atoms with Crippen LogP contribution in [0.4, 0.5) is 10.2 Å². The molecule has 0 amide bonds. The molecule has 0 saturated carbocycles. The lowest BCUT2D eigenvalue weighted by Crippen LogP contribution is -1.98.